The molecule has 35 heavy (non-hydrogen) atoms. The van der Waals surface area contributed by atoms with Crippen molar-refractivity contribution in [2.75, 3.05) is 6.54 Å². The smallest absolute Gasteiger partial charge is 0.270 e. The molecular weight excluding hydrogens is 440 g/mol. The molecule has 0 bridgehead atoms. The number of nitrogens with two attached hydrogens (primary N) is 1. The van der Waals surface area contributed by atoms with Crippen LogP contribution in [0, 0.1) is 5.21 Å². The average molecular weight is 471 g/mol. The minimum Gasteiger partial charge on any atom is -0.631 e. The summed E-state index contributed by atoms with van der Waals surface area (Å²) in [7, 11) is 0. The number of aromatic nitrogens is 2. The summed E-state index contributed by atoms with van der Waals surface area (Å²) >= 11 is 0. The highest BCUT2D eigenvalue weighted by Crippen LogP contribution is 2.34. The van der Waals surface area contributed by atoms with Crippen LogP contribution in [-0.4, -0.2) is 22.2 Å². The van der Waals surface area contributed by atoms with E-state index in [0.717, 1.165) is 16.9 Å². The first kappa shape index (κ1) is 24.2. The van der Waals surface area contributed by atoms with Crippen molar-refractivity contribution in [2.24, 2.45) is 0 Å². The Morgan fingerprint density at radius 2 is 1.97 bits per heavy atom. The van der Waals surface area contributed by atoms with Gasteiger partial charge < -0.3 is 20.7 Å². The molecule has 1 aliphatic heterocycles. The van der Waals surface area contributed by atoms with Crippen LogP contribution >= 0.6 is 0 Å². The Kier molecular flexibility index (Phi) is 7.60. The van der Waals surface area contributed by atoms with E-state index in [-0.39, 0.29) is 5.91 Å². The van der Waals surface area contributed by atoms with E-state index in [1.54, 1.807) is 22.9 Å². The molecule has 2 aromatic carbocycles. The van der Waals surface area contributed by atoms with Crippen LogP contribution in [0.5, 0.6) is 5.75 Å². The van der Waals surface area contributed by atoms with Crippen molar-refractivity contribution in [2.45, 2.75) is 32.9 Å². The number of allylic oxidation sites excluding steroid dienone is 4. The Balaban J connectivity index is 1.63. The molecule has 3 N–H and O–H groups in total. The molecule has 1 amide bonds. The zero-order valence-electron chi connectivity index (χ0n) is 20.0. The SMILES string of the molecule is C=C/C=C(\C=C/[NH2+][O-])c1nn2c(c1-c1ccc(OCc3ccc(C(C)C)cc3)cc1)C(=O)NCC2. The molecule has 0 aliphatic carbocycles. The second-order valence-electron chi connectivity index (χ2n) is 8.61. The molecule has 7 heteroatoms. The Morgan fingerprint density at radius 3 is 2.63 bits per heavy atom. The number of fused-ring (bicyclic) bond motifs is 1. The monoisotopic (exact) mass is 470 g/mol. The van der Waals surface area contributed by atoms with Crippen molar-refractivity contribution in [3.8, 4) is 16.9 Å². The molecule has 0 saturated heterocycles. The third-order valence-electron chi connectivity index (χ3n) is 5.90. The van der Waals surface area contributed by atoms with Crippen LogP contribution < -0.4 is 15.5 Å². The summed E-state index contributed by atoms with van der Waals surface area (Å²) in [5.74, 6) is 1.05. The van der Waals surface area contributed by atoms with Gasteiger partial charge in [0, 0.05) is 23.8 Å². The lowest BCUT2D eigenvalue weighted by atomic mass is 9.97. The van der Waals surface area contributed by atoms with Crippen molar-refractivity contribution in [1.29, 1.82) is 0 Å². The van der Waals surface area contributed by atoms with Crippen LogP contribution in [-0.2, 0) is 13.2 Å². The summed E-state index contributed by atoms with van der Waals surface area (Å²) in [4.78, 5) is 12.8. The largest absolute Gasteiger partial charge is 0.631 e. The Bertz CT molecular complexity index is 1250. The van der Waals surface area contributed by atoms with Gasteiger partial charge in [0.15, 0.2) is 0 Å². The second-order valence-corrected chi connectivity index (χ2v) is 8.61. The summed E-state index contributed by atoms with van der Waals surface area (Å²) in [5, 5.41) is 18.6. The average Bonchev–Trinajstić information content (AvgIpc) is 3.26. The van der Waals surface area contributed by atoms with Gasteiger partial charge in [-0.2, -0.15) is 5.10 Å². The maximum Gasteiger partial charge on any atom is 0.270 e. The molecule has 180 valence electrons. The van der Waals surface area contributed by atoms with Gasteiger partial charge in [-0.3, -0.25) is 9.48 Å². The maximum absolute atomic E-state index is 12.8. The summed E-state index contributed by atoms with van der Waals surface area (Å²) in [6, 6.07) is 16.1. The molecule has 4 rings (SSSR count). The number of amides is 1. The number of quaternary nitrogens is 1. The number of carbonyl (C=O) groups excluding carboxylic acids is 1. The van der Waals surface area contributed by atoms with Crippen molar-refractivity contribution in [3.05, 3.63) is 107 Å². The third-order valence-corrected chi connectivity index (χ3v) is 5.90. The number of ether oxygens (including phenoxy) is 1. The number of rotatable bonds is 9. The van der Waals surface area contributed by atoms with Crippen molar-refractivity contribution < 1.29 is 15.0 Å². The van der Waals surface area contributed by atoms with E-state index < -0.39 is 0 Å². The Hall–Kier alpha value is -3.94. The van der Waals surface area contributed by atoms with Crippen LogP contribution in [0.15, 0.2) is 79.5 Å². The lowest BCUT2D eigenvalue weighted by molar-refractivity contribution is -0.514. The normalized spacial score (nSPS) is 13.7. The quantitative estimate of drug-likeness (QED) is 0.363. The fourth-order valence-corrected chi connectivity index (χ4v) is 4.06. The van der Waals surface area contributed by atoms with Gasteiger partial charge in [-0.15, -0.1) is 0 Å². The molecule has 1 aromatic heterocycles. The minimum atomic E-state index is -0.174. The van der Waals surface area contributed by atoms with Gasteiger partial charge in [0.1, 0.15) is 23.7 Å². The summed E-state index contributed by atoms with van der Waals surface area (Å²) < 4.78 is 7.72. The van der Waals surface area contributed by atoms with E-state index >= 15 is 0 Å². The van der Waals surface area contributed by atoms with Crippen molar-refractivity contribution in [1.82, 2.24) is 15.1 Å². The molecule has 1 aliphatic rings. The standard InChI is InChI=1S/C28H30N4O3/c1-4-5-23(14-15-30-34)26-25(27-28(33)29-16-17-32(27)31-26)22-10-12-24(13-11-22)35-18-20-6-8-21(9-7-20)19(2)3/h4-15,19H,1,16-18,30H2,2-3H3,(H,29,33)/b15-14-,23-5+. The maximum atomic E-state index is 12.8. The first-order valence-electron chi connectivity index (χ1n) is 11.7. The van der Waals surface area contributed by atoms with E-state index in [4.69, 9.17) is 9.84 Å². The molecule has 7 nitrogen and oxygen atoms in total. The lowest BCUT2D eigenvalue weighted by Gasteiger charge is -2.15. The van der Waals surface area contributed by atoms with Gasteiger partial charge >= 0.3 is 0 Å². The highest BCUT2D eigenvalue weighted by molar-refractivity contribution is 6.03. The first-order valence-corrected chi connectivity index (χ1v) is 11.7. The fourth-order valence-electron chi connectivity index (χ4n) is 4.06. The molecule has 0 spiro atoms. The van der Waals surface area contributed by atoms with Gasteiger partial charge in [-0.1, -0.05) is 69.0 Å². The first-order chi connectivity index (χ1) is 17.0. The topological polar surface area (TPSA) is 95.8 Å². The fraction of sp³-hybridized carbons (Fsp3) is 0.214. The molecule has 0 fully saturated rings. The number of hydroxylamine groups is 1. The van der Waals surface area contributed by atoms with Crippen molar-refractivity contribution >= 4 is 11.5 Å². The predicted octanol–water partition coefficient (Wildman–Crippen LogP) is 4.14. The number of nitrogens with one attached hydrogen (secondary N) is 1. The van der Waals surface area contributed by atoms with Gasteiger partial charge in [0.25, 0.3) is 5.91 Å². The van der Waals surface area contributed by atoms with E-state index in [1.807, 2.05) is 24.3 Å². The number of nitrogens with zero attached hydrogens (tertiary/aromatic N) is 2. The zero-order valence-corrected chi connectivity index (χ0v) is 20.0. The van der Waals surface area contributed by atoms with Gasteiger partial charge in [0.05, 0.1) is 12.7 Å². The number of benzene rings is 2. The number of hydrogen-bond acceptors (Lipinski definition) is 4. The van der Waals surface area contributed by atoms with Crippen LogP contribution in [0.2, 0.25) is 0 Å². The summed E-state index contributed by atoms with van der Waals surface area (Å²) in [5.41, 5.74) is 6.47. The molecule has 2 heterocycles. The molecular formula is C28H30N4O3. The van der Waals surface area contributed by atoms with Gasteiger partial charge in [-0.25, -0.2) is 0 Å². The summed E-state index contributed by atoms with van der Waals surface area (Å²) in [6.45, 7) is 9.68. The van der Waals surface area contributed by atoms with E-state index in [0.29, 0.717) is 53.6 Å². The summed E-state index contributed by atoms with van der Waals surface area (Å²) in [6.07, 6.45) is 6.49. The van der Waals surface area contributed by atoms with E-state index in [1.165, 1.54) is 11.8 Å². The lowest BCUT2D eigenvalue weighted by Crippen LogP contribution is -2.69. The Morgan fingerprint density at radius 1 is 1.23 bits per heavy atom. The van der Waals surface area contributed by atoms with Crippen LogP contribution in [0.1, 0.15) is 47.1 Å². The van der Waals surface area contributed by atoms with E-state index in [9.17, 15) is 10.0 Å². The number of hydrogen-bond donors (Lipinski definition) is 2. The zero-order chi connectivity index (χ0) is 24.8. The Labute approximate surface area is 205 Å². The molecule has 0 saturated carbocycles. The molecule has 0 radical (unpaired) electrons. The van der Waals surface area contributed by atoms with Crippen LogP contribution in [0.4, 0.5) is 0 Å². The minimum absolute atomic E-state index is 0.174. The van der Waals surface area contributed by atoms with Gasteiger partial charge in [-0.05, 0) is 34.7 Å². The highest BCUT2D eigenvalue weighted by atomic mass is 16.5. The molecule has 0 atom stereocenters. The number of carbonyl (C=O) groups is 1. The molecule has 3 aromatic rings. The van der Waals surface area contributed by atoms with Crippen LogP contribution in [0.3, 0.4) is 0 Å². The highest BCUT2D eigenvalue weighted by Gasteiger charge is 2.28. The molecule has 0 unspecified atom stereocenters. The van der Waals surface area contributed by atoms with Crippen LogP contribution in [0.25, 0.3) is 16.7 Å². The van der Waals surface area contributed by atoms with Gasteiger partial charge in [0.2, 0.25) is 0 Å². The predicted molar refractivity (Wildman–Crippen MR) is 137 cm³/mol. The van der Waals surface area contributed by atoms with E-state index in [2.05, 4.69) is 50.0 Å². The third kappa shape index (κ3) is 5.42. The van der Waals surface area contributed by atoms with Crippen molar-refractivity contribution in [3.63, 3.8) is 0 Å². The second kappa shape index (κ2) is 11.0.